The molecule has 4 nitrogen and oxygen atoms in total. The van der Waals surface area contributed by atoms with E-state index in [2.05, 4.69) is 10.3 Å². The molecule has 1 aromatic rings. The number of aliphatic carboxylic acids is 1. The predicted octanol–water partition coefficient (Wildman–Crippen LogP) is 2.62. The molecule has 2 bridgehead atoms. The van der Waals surface area contributed by atoms with Gasteiger partial charge in [0.25, 0.3) is 0 Å². The number of carbonyl (C=O) groups is 1. The summed E-state index contributed by atoms with van der Waals surface area (Å²) in [6.07, 6.45) is 5.64. The number of carboxylic acid groups (broad SMARTS) is 1. The molecule has 2 N–H and O–H groups in total. The number of fused-ring (bicyclic) bond motifs is 2. The maximum atomic E-state index is 10.6. The monoisotopic (exact) mass is 266 g/mol. The Kier molecular flexibility index (Phi) is 3.24. The van der Waals surface area contributed by atoms with Gasteiger partial charge < -0.3 is 10.4 Å². The molecule has 5 heteroatoms. The second kappa shape index (κ2) is 4.88. The van der Waals surface area contributed by atoms with Gasteiger partial charge >= 0.3 is 5.97 Å². The average molecular weight is 266 g/mol. The highest BCUT2D eigenvalue weighted by atomic mass is 32.1. The number of nitrogens with one attached hydrogen (secondary N) is 1. The van der Waals surface area contributed by atoms with E-state index in [9.17, 15) is 4.79 Å². The molecule has 18 heavy (non-hydrogen) atoms. The fourth-order valence-electron chi connectivity index (χ4n) is 3.47. The molecule has 2 aliphatic rings. The first-order valence-electron chi connectivity index (χ1n) is 6.61. The molecule has 0 radical (unpaired) electrons. The van der Waals surface area contributed by atoms with E-state index in [4.69, 9.17) is 5.11 Å². The standard InChI is InChI=1S/C13H18N2O2S/c16-12(17)5-11-7-18-13(15-11)14-6-10-4-8-1-2-9(10)3-8/h7-10H,1-6H2,(H,14,15)(H,16,17). The summed E-state index contributed by atoms with van der Waals surface area (Å²) in [5.74, 6) is 1.87. The number of hydrogen-bond donors (Lipinski definition) is 2. The van der Waals surface area contributed by atoms with Crippen molar-refractivity contribution in [2.75, 3.05) is 11.9 Å². The molecule has 3 rings (SSSR count). The molecule has 1 aromatic heterocycles. The van der Waals surface area contributed by atoms with Gasteiger partial charge in [-0.05, 0) is 37.0 Å². The molecule has 3 atom stereocenters. The lowest BCUT2D eigenvalue weighted by Gasteiger charge is -2.21. The Bertz CT molecular complexity index is 446. The van der Waals surface area contributed by atoms with Gasteiger partial charge in [0.1, 0.15) is 0 Å². The lowest BCUT2D eigenvalue weighted by molar-refractivity contribution is -0.136. The number of rotatable bonds is 5. The summed E-state index contributed by atoms with van der Waals surface area (Å²) in [5.41, 5.74) is 0.656. The Morgan fingerprint density at radius 2 is 2.39 bits per heavy atom. The number of hydrogen-bond acceptors (Lipinski definition) is 4. The van der Waals surface area contributed by atoms with Crippen LogP contribution in [0.15, 0.2) is 5.38 Å². The SMILES string of the molecule is O=C(O)Cc1csc(NCC2CC3CCC2C3)n1. The van der Waals surface area contributed by atoms with Crippen molar-refractivity contribution in [1.82, 2.24) is 4.98 Å². The first-order valence-corrected chi connectivity index (χ1v) is 7.48. The zero-order chi connectivity index (χ0) is 12.5. The molecule has 3 unspecified atom stereocenters. The molecule has 0 spiro atoms. The molecule has 2 fully saturated rings. The second-order valence-corrected chi connectivity index (χ2v) is 6.39. The number of nitrogens with zero attached hydrogens (tertiary/aromatic N) is 1. The number of aromatic nitrogens is 1. The lowest BCUT2D eigenvalue weighted by atomic mass is 9.89. The highest BCUT2D eigenvalue weighted by molar-refractivity contribution is 7.13. The van der Waals surface area contributed by atoms with Gasteiger partial charge in [-0.25, -0.2) is 4.98 Å². The molecule has 0 aliphatic heterocycles. The van der Waals surface area contributed by atoms with Crippen molar-refractivity contribution in [1.29, 1.82) is 0 Å². The smallest absolute Gasteiger partial charge is 0.309 e. The predicted molar refractivity (Wildman–Crippen MR) is 70.9 cm³/mol. The fourth-order valence-corrected chi connectivity index (χ4v) is 4.19. The van der Waals surface area contributed by atoms with Gasteiger partial charge in [-0.2, -0.15) is 0 Å². The van der Waals surface area contributed by atoms with Crippen LogP contribution in [0.5, 0.6) is 0 Å². The van der Waals surface area contributed by atoms with Crippen LogP contribution in [0, 0.1) is 17.8 Å². The van der Waals surface area contributed by atoms with Crippen LogP contribution in [0.25, 0.3) is 0 Å². The molecular formula is C13H18N2O2S. The van der Waals surface area contributed by atoms with Crippen LogP contribution in [-0.4, -0.2) is 22.6 Å². The van der Waals surface area contributed by atoms with Gasteiger partial charge in [0, 0.05) is 11.9 Å². The molecule has 1 heterocycles. The fraction of sp³-hybridized carbons (Fsp3) is 0.692. The summed E-state index contributed by atoms with van der Waals surface area (Å²) in [4.78, 5) is 14.9. The third-order valence-corrected chi connectivity index (χ3v) is 5.13. The van der Waals surface area contributed by atoms with Crippen LogP contribution in [0.1, 0.15) is 31.4 Å². The second-order valence-electron chi connectivity index (χ2n) is 5.53. The van der Waals surface area contributed by atoms with Crippen LogP contribution in [0.2, 0.25) is 0 Å². The van der Waals surface area contributed by atoms with Crippen LogP contribution in [-0.2, 0) is 11.2 Å². The minimum atomic E-state index is -0.819. The van der Waals surface area contributed by atoms with Gasteiger partial charge in [0.2, 0.25) is 0 Å². The largest absolute Gasteiger partial charge is 0.481 e. The van der Waals surface area contributed by atoms with E-state index < -0.39 is 5.97 Å². The first-order chi connectivity index (χ1) is 8.70. The number of carboxylic acids is 1. The zero-order valence-corrected chi connectivity index (χ0v) is 11.1. The van der Waals surface area contributed by atoms with Crippen LogP contribution < -0.4 is 5.32 Å². The van der Waals surface area contributed by atoms with E-state index in [0.29, 0.717) is 5.69 Å². The third kappa shape index (κ3) is 2.51. The van der Waals surface area contributed by atoms with Crippen molar-refractivity contribution in [2.45, 2.75) is 32.1 Å². The maximum absolute atomic E-state index is 10.6. The van der Waals surface area contributed by atoms with E-state index in [1.54, 1.807) is 0 Å². The summed E-state index contributed by atoms with van der Waals surface area (Å²) in [6, 6.07) is 0. The van der Waals surface area contributed by atoms with Crippen molar-refractivity contribution >= 4 is 22.4 Å². The average Bonchev–Trinajstić information content (AvgIpc) is 3.00. The van der Waals surface area contributed by atoms with Crippen molar-refractivity contribution in [3.63, 3.8) is 0 Å². The van der Waals surface area contributed by atoms with Gasteiger partial charge in [0.15, 0.2) is 5.13 Å². The summed E-state index contributed by atoms with van der Waals surface area (Å²) in [7, 11) is 0. The first kappa shape index (κ1) is 12.0. The van der Waals surface area contributed by atoms with E-state index in [0.717, 1.165) is 29.4 Å². The van der Waals surface area contributed by atoms with Gasteiger partial charge in [0.05, 0.1) is 12.1 Å². The summed E-state index contributed by atoms with van der Waals surface area (Å²) in [6.45, 7) is 1.00. The topological polar surface area (TPSA) is 62.2 Å². The zero-order valence-electron chi connectivity index (χ0n) is 10.3. The molecule has 98 valence electrons. The van der Waals surface area contributed by atoms with Crippen molar-refractivity contribution < 1.29 is 9.90 Å². The highest BCUT2D eigenvalue weighted by Crippen LogP contribution is 2.48. The van der Waals surface area contributed by atoms with Crippen molar-refractivity contribution in [2.24, 2.45) is 17.8 Å². The molecular weight excluding hydrogens is 248 g/mol. The Hall–Kier alpha value is -1.10. The molecule has 0 aromatic carbocycles. The van der Waals surface area contributed by atoms with Crippen molar-refractivity contribution in [3.8, 4) is 0 Å². The summed E-state index contributed by atoms with van der Waals surface area (Å²) < 4.78 is 0. The number of anilines is 1. The van der Waals surface area contributed by atoms with Gasteiger partial charge in [-0.15, -0.1) is 11.3 Å². The van der Waals surface area contributed by atoms with Gasteiger partial charge in [-0.3, -0.25) is 4.79 Å². The lowest BCUT2D eigenvalue weighted by Crippen LogP contribution is -2.20. The quantitative estimate of drug-likeness (QED) is 0.860. The minimum Gasteiger partial charge on any atom is -0.481 e. The third-order valence-electron chi connectivity index (χ3n) is 4.28. The normalized spacial score (nSPS) is 29.7. The van der Waals surface area contributed by atoms with E-state index >= 15 is 0 Å². The maximum Gasteiger partial charge on any atom is 0.309 e. The molecule has 2 saturated carbocycles. The summed E-state index contributed by atoms with van der Waals surface area (Å²) >= 11 is 1.51. The minimum absolute atomic E-state index is 0.0201. The highest BCUT2D eigenvalue weighted by Gasteiger charge is 2.39. The van der Waals surface area contributed by atoms with Crippen LogP contribution >= 0.6 is 11.3 Å². The van der Waals surface area contributed by atoms with E-state index in [-0.39, 0.29) is 6.42 Å². The Morgan fingerprint density at radius 3 is 3.06 bits per heavy atom. The molecule has 0 saturated heterocycles. The summed E-state index contributed by atoms with van der Waals surface area (Å²) in [5, 5.41) is 14.8. The molecule has 0 amide bonds. The molecule has 2 aliphatic carbocycles. The van der Waals surface area contributed by atoms with Gasteiger partial charge in [-0.1, -0.05) is 6.42 Å². The van der Waals surface area contributed by atoms with Crippen molar-refractivity contribution in [3.05, 3.63) is 11.1 Å². The Balaban J connectivity index is 1.51. The number of thiazole rings is 1. The Labute approximate surface area is 110 Å². The van der Waals surface area contributed by atoms with E-state index in [1.165, 1.54) is 37.0 Å². The van der Waals surface area contributed by atoms with E-state index in [1.807, 2.05) is 5.38 Å². The van der Waals surface area contributed by atoms with Crippen LogP contribution in [0.4, 0.5) is 5.13 Å². The Morgan fingerprint density at radius 1 is 1.50 bits per heavy atom. The van der Waals surface area contributed by atoms with Crippen LogP contribution in [0.3, 0.4) is 0 Å².